The van der Waals surface area contributed by atoms with Gasteiger partial charge in [-0.3, -0.25) is 0 Å². The van der Waals surface area contributed by atoms with Crippen LogP contribution in [-0.4, -0.2) is 25.0 Å². The highest BCUT2D eigenvalue weighted by Gasteiger charge is 2.21. The maximum Gasteiger partial charge on any atom is 0.181 e. The van der Waals surface area contributed by atoms with E-state index in [4.69, 9.17) is 15.2 Å². The first-order valence-electron chi connectivity index (χ1n) is 8.24. The molecule has 2 N–H and O–H groups in total. The highest BCUT2D eigenvalue weighted by atomic mass is 32.2. The zero-order chi connectivity index (χ0) is 17.1. The van der Waals surface area contributed by atoms with Gasteiger partial charge in [-0.05, 0) is 43.4 Å². The highest BCUT2D eigenvalue weighted by Crippen LogP contribution is 2.44. The van der Waals surface area contributed by atoms with Crippen molar-refractivity contribution in [3.05, 3.63) is 17.7 Å². The lowest BCUT2D eigenvalue weighted by Crippen LogP contribution is -1.97. The van der Waals surface area contributed by atoms with Crippen molar-refractivity contribution < 1.29 is 9.47 Å². The summed E-state index contributed by atoms with van der Waals surface area (Å²) >= 11 is 3.44. The summed E-state index contributed by atoms with van der Waals surface area (Å²) in [6, 6.07) is 4.00. The molecule has 0 unspecified atom stereocenters. The fourth-order valence-corrected chi connectivity index (χ4v) is 5.48. The molecule has 0 amide bonds. The van der Waals surface area contributed by atoms with Gasteiger partial charge in [-0.15, -0.1) is 11.8 Å². The summed E-state index contributed by atoms with van der Waals surface area (Å²) in [7, 11) is 3.37. The minimum atomic E-state index is 0.598. The van der Waals surface area contributed by atoms with Gasteiger partial charge in [0.1, 0.15) is 17.2 Å². The van der Waals surface area contributed by atoms with Gasteiger partial charge in [-0.1, -0.05) is 24.2 Å². The maximum absolute atomic E-state index is 6.01. The summed E-state index contributed by atoms with van der Waals surface area (Å²) in [5.41, 5.74) is 8.92. The number of thiazole rings is 1. The predicted molar refractivity (Wildman–Crippen MR) is 102 cm³/mol. The van der Waals surface area contributed by atoms with Gasteiger partial charge in [-0.25, -0.2) is 4.98 Å². The molecular formula is C18H24N2O2S2. The molecule has 1 aliphatic rings. The average molecular weight is 365 g/mol. The SMILES string of the molecule is COc1cc(-c2nc(N)sc2SCC2CCCC2)c(OC)cc1C. The van der Waals surface area contributed by atoms with Crippen LogP contribution >= 0.6 is 23.1 Å². The second kappa shape index (κ2) is 7.66. The van der Waals surface area contributed by atoms with Gasteiger partial charge in [0.2, 0.25) is 0 Å². The van der Waals surface area contributed by atoms with Gasteiger partial charge in [-0.2, -0.15) is 0 Å². The lowest BCUT2D eigenvalue weighted by atomic mass is 10.1. The van der Waals surface area contributed by atoms with Crippen LogP contribution in [0, 0.1) is 12.8 Å². The Balaban J connectivity index is 1.93. The van der Waals surface area contributed by atoms with Gasteiger partial charge < -0.3 is 15.2 Å². The van der Waals surface area contributed by atoms with Gasteiger partial charge in [0.15, 0.2) is 5.13 Å². The second-order valence-electron chi connectivity index (χ2n) is 6.17. The molecule has 3 rings (SSSR count). The Morgan fingerprint density at radius 3 is 2.58 bits per heavy atom. The van der Waals surface area contributed by atoms with E-state index in [2.05, 4.69) is 4.98 Å². The number of nitrogen functional groups attached to an aromatic ring is 1. The molecule has 0 atom stereocenters. The normalized spacial score (nSPS) is 15.0. The van der Waals surface area contributed by atoms with Crippen LogP contribution in [0.5, 0.6) is 11.5 Å². The van der Waals surface area contributed by atoms with Crippen LogP contribution in [-0.2, 0) is 0 Å². The summed E-state index contributed by atoms with van der Waals surface area (Å²) in [6.07, 6.45) is 5.42. The van der Waals surface area contributed by atoms with Crippen LogP contribution in [0.2, 0.25) is 0 Å². The number of rotatable bonds is 6. The third-order valence-electron chi connectivity index (χ3n) is 4.51. The van der Waals surface area contributed by atoms with E-state index in [0.29, 0.717) is 5.13 Å². The van der Waals surface area contributed by atoms with Gasteiger partial charge in [0.05, 0.1) is 18.4 Å². The van der Waals surface area contributed by atoms with E-state index >= 15 is 0 Å². The van der Waals surface area contributed by atoms with Gasteiger partial charge >= 0.3 is 0 Å². The van der Waals surface area contributed by atoms with Gasteiger partial charge in [0, 0.05) is 11.3 Å². The number of thioether (sulfide) groups is 1. The Morgan fingerprint density at radius 1 is 1.21 bits per heavy atom. The first-order chi connectivity index (χ1) is 11.6. The lowest BCUT2D eigenvalue weighted by Gasteiger charge is -2.13. The summed E-state index contributed by atoms with van der Waals surface area (Å²) < 4.78 is 12.2. The molecule has 24 heavy (non-hydrogen) atoms. The molecule has 0 radical (unpaired) electrons. The quantitative estimate of drug-likeness (QED) is 0.731. The number of anilines is 1. The van der Waals surface area contributed by atoms with Crippen LogP contribution in [0.15, 0.2) is 16.3 Å². The van der Waals surface area contributed by atoms with E-state index in [0.717, 1.165) is 40.0 Å². The number of benzene rings is 1. The van der Waals surface area contributed by atoms with Crippen molar-refractivity contribution in [3.63, 3.8) is 0 Å². The first kappa shape index (κ1) is 17.4. The smallest absolute Gasteiger partial charge is 0.181 e. The number of nitrogens with zero attached hydrogens (tertiary/aromatic N) is 1. The van der Waals surface area contributed by atoms with E-state index in [1.807, 2.05) is 30.8 Å². The molecule has 130 valence electrons. The molecule has 4 nitrogen and oxygen atoms in total. The van der Waals surface area contributed by atoms with Crippen molar-refractivity contribution >= 4 is 28.2 Å². The summed E-state index contributed by atoms with van der Waals surface area (Å²) in [5, 5.41) is 0.598. The largest absolute Gasteiger partial charge is 0.496 e. The van der Waals surface area contributed by atoms with Crippen molar-refractivity contribution in [1.82, 2.24) is 4.98 Å². The number of aromatic nitrogens is 1. The zero-order valence-corrected chi connectivity index (χ0v) is 16.1. The third kappa shape index (κ3) is 3.64. The van der Waals surface area contributed by atoms with Crippen molar-refractivity contribution in [3.8, 4) is 22.8 Å². The molecule has 0 aliphatic heterocycles. The lowest BCUT2D eigenvalue weighted by molar-refractivity contribution is 0.401. The molecule has 1 saturated carbocycles. The van der Waals surface area contributed by atoms with E-state index in [-0.39, 0.29) is 0 Å². The van der Waals surface area contributed by atoms with Gasteiger partial charge in [0.25, 0.3) is 0 Å². The highest BCUT2D eigenvalue weighted by molar-refractivity contribution is 8.01. The monoisotopic (exact) mass is 364 g/mol. The third-order valence-corrected chi connectivity index (χ3v) is 6.89. The van der Waals surface area contributed by atoms with Crippen molar-refractivity contribution in [1.29, 1.82) is 0 Å². The summed E-state index contributed by atoms with van der Waals surface area (Å²) in [5.74, 6) is 3.60. The van der Waals surface area contributed by atoms with Crippen LogP contribution in [0.3, 0.4) is 0 Å². The van der Waals surface area contributed by atoms with E-state index in [1.54, 1.807) is 25.6 Å². The fraction of sp³-hybridized carbons (Fsp3) is 0.500. The number of aryl methyl sites for hydroxylation is 1. The van der Waals surface area contributed by atoms with Crippen LogP contribution in [0.1, 0.15) is 31.2 Å². The topological polar surface area (TPSA) is 57.4 Å². The van der Waals surface area contributed by atoms with Crippen LogP contribution < -0.4 is 15.2 Å². The summed E-state index contributed by atoms with van der Waals surface area (Å²) in [4.78, 5) is 4.58. The molecular weight excluding hydrogens is 340 g/mol. The fourth-order valence-electron chi connectivity index (χ4n) is 3.20. The molecule has 0 saturated heterocycles. The Kier molecular flexibility index (Phi) is 5.56. The second-order valence-corrected chi connectivity index (χ2v) is 8.49. The van der Waals surface area contributed by atoms with Crippen molar-refractivity contribution in [2.45, 2.75) is 36.8 Å². The van der Waals surface area contributed by atoms with E-state index < -0.39 is 0 Å². The maximum atomic E-state index is 6.01. The number of nitrogens with two attached hydrogens (primary N) is 1. The minimum Gasteiger partial charge on any atom is -0.496 e. The Bertz CT molecular complexity index is 709. The zero-order valence-electron chi connectivity index (χ0n) is 14.4. The number of hydrogen-bond acceptors (Lipinski definition) is 6. The Labute approximate surface area is 151 Å². The number of ether oxygens (including phenoxy) is 2. The summed E-state index contributed by atoms with van der Waals surface area (Å²) in [6.45, 7) is 2.01. The molecule has 0 bridgehead atoms. The molecule has 2 aromatic rings. The van der Waals surface area contributed by atoms with Crippen LogP contribution in [0.25, 0.3) is 11.3 Å². The molecule has 0 spiro atoms. The minimum absolute atomic E-state index is 0.598. The molecule has 1 fully saturated rings. The molecule has 6 heteroatoms. The Morgan fingerprint density at radius 2 is 1.92 bits per heavy atom. The standard InChI is InChI=1S/C18H24N2O2S2/c1-11-8-15(22-3)13(9-14(11)21-2)16-17(24-18(19)20-16)23-10-12-6-4-5-7-12/h8-9,12H,4-7,10H2,1-3H3,(H2,19,20). The average Bonchev–Trinajstić information content (AvgIpc) is 3.21. The molecule has 1 aromatic heterocycles. The van der Waals surface area contributed by atoms with E-state index in [1.165, 1.54) is 29.9 Å². The molecule has 1 heterocycles. The molecule has 1 aliphatic carbocycles. The van der Waals surface area contributed by atoms with Crippen LogP contribution in [0.4, 0.5) is 5.13 Å². The predicted octanol–water partition coefficient (Wildman–Crippen LogP) is 5.00. The number of hydrogen-bond donors (Lipinski definition) is 1. The van der Waals surface area contributed by atoms with Crippen molar-refractivity contribution in [2.24, 2.45) is 5.92 Å². The van der Waals surface area contributed by atoms with E-state index in [9.17, 15) is 0 Å². The number of methoxy groups -OCH3 is 2. The molecule has 1 aromatic carbocycles. The van der Waals surface area contributed by atoms with Crippen molar-refractivity contribution in [2.75, 3.05) is 25.7 Å². The Hall–Kier alpha value is -1.40. The first-order valence-corrected chi connectivity index (χ1v) is 10.0.